The van der Waals surface area contributed by atoms with E-state index < -0.39 is 0 Å². The highest BCUT2D eigenvalue weighted by Crippen LogP contribution is 2.33. The molecule has 2 N–H and O–H groups in total. The number of halogens is 1. The second kappa shape index (κ2) is 9.49. The number of hydrogen-bond donors (Lipinski definition) is 2. The minimum atomic E-state index is -0.221. The van der Waals surface area contributed by atoms with Gasteiger partial charge in [0, 0.05) is 16.5 Å². The standard InChI is InChI=1S/C20H20ClN3O4S/c1-26-14-5-7-18(28-3)16(10-14)24-20-22-13(11-29-20)9-19(25)23-15-8-12(21)4-6-17(15)27-2/h4-8,10-11H,9H2,1-3H3,(H,22,24)(H,23,25). The Morgan fingerprint density at radius 3 is 2.48 bits per heavy atom. The molecule has 0 radical (unpaired) electrons. The van der Waals surface area contributed by atoms with Gasteiger partial charge >= 0.3 is 0 Å². The summed E-state index contributed by atoms with van der Waals surface area (Å²) in [5.41, 5.74) is 1.87. The number of nitrogens with one attached hydrogen (secondary N) is 2. The first kappa shape index (κ1) is 20.8. The van der Waals surface area contributed by atoms with Crippen molar-refractivity contribution in [2.24, 2.45) is 0 Å². The highest BCUT2D eigenvalue weighted by atomic mass is 35.5. The fourth-order valence-corrected chi connectivity index (χ4v) is 3.50. The van der Waals surface area contributed by atoms with Gasteiger partial charge in [-0.2, -0.15) is 0 Å². The van der Waals surface area contributed by atoms with E-state index in [-0.39, 0.29) is 12.3 Å². The third-order valence-electron chi connectivity index (χ3n) is 3.98. The van der Waals surface area contributed by atoms with Crippen LogP contribution >= 0.6 is 22.9 Å². The minimum Gasteiger partial charge on any atom is -0.497 e. The number of benzene rings is 2. The first-order valence-electron chi connectivity index (χ1n) is 8.59. The first-order valence-corrected chi connectivity index (χ1v) is 9.85. The molecule has 0 unspecified atom stereocenters. The summed E-state index contributed by atoms with van der Waals surface area (Å²) in [7, 11) is 4.72. The van der Waals surface area contributed by atoms with Crippen LogP contribution in [0, 0.1) is 0 Å². The lowest BCUT2D eigenvalue weighted by Gasteiger charge is -2.11. The van der Waals surface area contributed by atoms with Gasteiger partial charge in [0.25, 0.3) is 0 Å². The van der Waals surface area contributed by atoms with Gasteiger partial charge in [-0.25, -0.2) is 4.98 Å². The normalized spacial score (nSPS) is 10.3. The molecule has 0 saturated carbocycles. The van der Waals surface area contributed by atoms with Crippen LogP contribution in [0.15, 0.2) is 41.8 Å². The number of ether oxygens (including phenoxy) is 3. The smallest absolute Gasteiger partial charge is 0.230 e. The van der Waals surface area contributed by atoms with Crippen LogP contribution in [-0.2, 0) is 11.2 Å². The molecule has 1 heterocycles. The summed E-state index contributed by atoms with van der Waals surface area (Å²) < 4.78 is 15.9. The maximum absolute atomic E-state index is 12.4. The number of carbonyl (C=O) groups is 1. The minimum absolute atomic E-state index is 0.114. The summed E-state index contributed by atoms with van der Waals surface area (Å²) in [6, 6.07) is 10.5. The van der Waals surface area contributed by atoms with Crippen LogP contribution in [0.25, 0.3) is 0 Å². The van der Waals surface area contributed by atoms with Gasteiger partial charge in [0.05, 0.1) is 44.8 Å². The van der Waals surface area contributed by atoms with Crippen LogP contribution in [0.5, 0.6) is 17.2 Å². The molecule has 0 aliphatic rings. The number of rotatable bonds is 8. The number of nitrogens with zero attached hydrogens (tertiary/aromatic N) is 1. The van der Waals surface area contributed by atoms with Gasteiger partial charge < -0.3 is 24.8 Å². The molecular weight excluding hydrogens is 414 g/mol. The Kier molecular flexibility index (Phi) is 6.79. The van der Waals surface area contributed by atoms with Crippen LogP contribution < -0.4 is 24.8 Å². The van der Waals surface area contributed by atoms with Crippen molar-refractivity contribution < 1.29 is 19.0 Å². The lowest BCUT2D eigenvalue weighted by Crippen LogP contribution is -2.15. The number of methoxy groups -OCH3 is 3. The number of amides is 1. The van der Waals surface area contributed by atoms with Gasteiger partial charge in [-0.1, -0.05) is 11.6 Å². The summed E-state index contributed by atoms with van der Waals surface area (Å²) in [5, 5.41) is 8.97. The monoisotopic (exact) mass is 433 g/mol. The van der Waals surface area contributed by atoms with E-state index in [4.69, 9.17) is 25.8 Å². The van der Waals surface area contributed by atoms with Crippen molar-refractivity contribution in [3.05, 3.63) is 52.5 Å². The molecule has 0 atom stereocenters. The zero-order valence-electron chi connectivity index (χ0n) is 16.1. The topological polar surface area (TPSA) is 81.7 Å². The molecule has 7 nitrogen and oxygen atoms in total. The molecule has 2 aromatic carbocycles. The molecule has 0 spiro atoms. The van der Waals surface area contributed by atoms with E-state index in [1.54, 1.807) is 32.4 Å². The predicted octanol–water partition coefficient (Wildman–Crippen LogP) is 4.75. The average Bonchev–Trinajstić information content (AvgIpc) is 3.14. The van der Waals surface area contributed by atoms with Crippen molar-refractivity contribution in [2.45, 2.75) is 6.42 Å². The van der Waals surface area contributed by atoms with E-state index in [1.165, 1.54) is 18.4 Å². The molecule has 1 amide bonds. The van der Waals surface area contributed by atoms with Gasteiger partial charge in [0.15, 0.2) is 5.13 Å². The molecule has 0 aliphatic carbocycles. The van der Waals surface area contributed by atoms with Crippen molar-refractivity contribution in [2.75, 3.05) is 32.0 Å². The third-order valence-corrected chi connectivity index (χ3v) is 5.02. The van der Waals surface area contributed by atoms with Gasteiger partial charge in [-0.3, -0.25) is 4.79 Å². The van der Waals surface area contributed by atoms with Crippen LogP contribution in [-0.4, -0.2) is 32.2 Å². The van der Waals surface area contributed by atoms with Crippen LogP contribution in [0.1, 0.15) is 5.69 Å². The Hall–Kier alpha value is -2.97. The summed E-state index contributed by atoms with van der Waals surface area (Å²) in [6.45, 7) is 0. The molecule has 0 saturated heterocycles. The van der Waals surface area contributed by atoms with Crippen molar-refractivity contribution >= 4 is 45.4 Å². The SMILES string of the molecule is COc1ccc(OC)c(Nc2nc(CC(=O)Nc3cc(Cl)ccc3OC)cs2)c1. The van der Waals surface area contributed by atoms with Gasteiger partial charge in [-0.15, -0.1) is 11.3 Å². The van der Waals surface area contributed by atoms with Crippen LogP contribution in [0.4, 0.5) is 16.5 Å². The highest BCUT2D eigenvalue weighted by molar-refractivity contribution is 7.13. The maximum atomic E-state index is 12.4. The van der Waals surface area contributed by atoms with Crippen molar-refractivity contribution in [1.82, 2.24) is 4.98 Å². The molecule has 0 bridgehead atoms. The number of aromatic nitrogens is 1. The number of carbonyl (C=O) groups excluding carboxylic acids is 1. The Balaban J connectivity index is 1.68. The van der Waals surface area contributed by atoms with E-state index in [9.17, 15) is 4.79 Å². The molecule has 29 heavy (non-hydrogen) atoms. The van der Waals surface area contributed by atoms with E-state index in [2.05, 4.69) is 15.6 Å². The molecule has 0 aliphatic heterocycles. The predicted molar refractivity (Wildman–Crippen MR) is 115 cm³/mol. The maximum Gasteiger partial charge on any atom is 0.230 e. The molecule has 0 fully saturated rings. The zero-order chi connectivity index (χ0) is 20.8. The van der Waals surface area contributed by atoms with E-state index in [0.717, 1.165) is 5.69 Å². The summed E-state index contributed by atoms with van der Waals surface area (Å²) in [5.74, 6) is 1.67. The molecule has 152 valence electrons. The quantitative estimate of drug-likeness (QED) is 0.533. The second-order valence-electron chi connectivity index (χ2n) is 5.90. The van der Waals surface area contributed by atoms with Gasteiger partial charge in [0.2, 0.25) is 5.91 Å². The van der Waals surface area contributed by atoms with E-state index in [0.29, 0.717) is 38.8 Å². The number of thiazole rings is 1. The highest BCUT2D eigenvalue weighted by Gasteiger charge is 2.13. The molecular formula is C20H20ClN3O4S. The second-order valence-corrected chi connectivity index (χ2v) is 7.20. The van der Waals surface area contributed by atoms with E-state index in [1.807, 2.05) is 23.6 Å². The number of hydrogen-bond acceptors (Lipinski definition) is 7. The largest absolute Gasteiger partial charge is 0.497 e. The third kappa shape index (κ3) is 5.30. The Bertz CT molecular complexity index is 1010. The van der Waals surface area contributed by atoms with Crippen LogP contribution in [0.2, 0.25) is 5.02 Å². The average molecular weight is 434 g/mol. The van der Waals surface area contributed by atoms with Crippen molar-refractivity contribution in [3.8, 4) is 17.2 Å². The molecule has 9 heteroatoms. The van der Waals surface area contributed by atoms with E-state index >= 15 is 0 Å². The summed E-state index contributed by atoms with van der Waals surface area (Å²) in [6.07, 6.45) is 0.114. The number of anilines is 3. The fourth-order valence-electron chi connectivity index (χ4n) is 2.61. The first-order chi connectivity index (χ1) is 14.0. The van der Waals surface area contributed by atoms with Crippen molar-refractivity contribution in [3.63, 3.8) is 0 Å². The molecule has 3 rings (SSSR count). The molecule has 1 aromatic heterocycles. The Morgan fingerprint density at radius 2 is 1.76 bits per heavy atom. The van der Waals surface area contributed by atoms with Crippen molar-refractivity contribution in [1.29, 1.82) is 0 Å². The van der Waals surface area contributed by atoms with Gasteiger partial charge in [0.1, 0.15) is 17.2 Å². The fraction of sp³-hybridized carbons (Fsp3) is 0.200. The zero-order valence-corrected chi connectivity index (χ0v) is 17.7. The summed E-state index contributed by atoms with van der Waals surface area (Å²) >= 11 is 7.39. The van der Waals surface area contributed by atoms with Gasteiger partial charge in [-0.05, 0) is 30.3 Å². The Morgan fingerprint density at radius 1 is 1.03 bits per heavy atom. The molecule has 3 aromatic rings. The van der Waals surface area contributed by atoms with Crippen LogP contribution in [0.3, 0.4) is 0 Å². The lowest BCUT2D eigenvalue weighted by molar-refractivity contribution is -0.115. The summed E-state index contributed by atoms with van der Waals surface area (Å²) in [4.78, 5) is 16.9. The lowest BCUT2D eigenvalue weighted by atomic mass is 10.2. The Labute approximate surface area is 177 Å².